The molecule has 1 aromatic heterocycles. The zero-order valence-electron chi connectivity index (χ0n) is 16.3. The minimum absolute atomic E-state index is 0.0515. The number of nitrogens with zero attached hydrogens (tertiary/aromatic N) is 3. The first-order valence-electron chi connectivity index (χ1n) is 9.06. The summed E-state index contributed by atoms with van der Waals surface area (Å²) >= 11 is 6.97. The number of benzene rings is 2. The second-order valence-electron chi connectivity index (χ2n) is 6.37. The number of ether oxygens (including phenoxy) is 1. The molecule has 9 heteroatoms. The Balaban J connectivity index is 1.61. The molecule has 0 aliphatic heterocycles. The summed E-state index contributed by atoms with van der Waals surface area (Å²) in [5.74, 6) is 0.665. The Bertz CT molecular complexity index is 1060. The molecule has 0 saturated heterocycles. The Hall–Kier alpha value is -2.84. The zero-order valence-corrected chi connectivity index (χ0v) is 17.8. The highest BCUT2D eigenvalue weighted by Gasteiger charge is 2.14. The molecular formula is C21H20ClFN4O2S. The van der Waals surface area contributed by atoms with Crippen molar-refractivity contribution < 1.29 is 13.9 Å². The standard InChI is InChI=1S/C21H20ClFN4O2S/c1-3-9-27-19(12-29-16-6-4-5-14(2)10-16)25-26-21(27)30-13-20(28)24-15-7-8-18(23)17(22)11-15/h3-8,10-11H,1,9,12-13H2,2H3,(H,24,28). The first-order valence-corrected chi connectivity index (χ1v) is 10.4. The molecule has 0 bridgehead atoms. The van der Waals surface area contributed by atoms with E-state index in [9.17, 15) is 9.18 Å². The molecule has 0 saturated carbocycles. The van der Waals surface area contributed by atoms with Crippen LogP contribution in [0, 0.1) is 12.7 Å². The fraction of sp³-hybridized carbons (Fsp3) is 0.190. The van der Waals surface area contributed by atoms with E-state index >= 15 is 0 Å². The highest BCUT2D eigenvalue weighted by atomic mass is 35.5. The van der Waals surface area contributed by atoms with Gasteiger partial charge in [0.1, 0.15) is 18.2 Å². The van der Waals surface area contributed by atoms with Gasteiger partial charge >= 0.3 is 0 Å². The number of rotatable bonds is 9. The summed E-state index contributed by atoms with van der Waals surface area (Å²) in [5.41, 5.74) is 1.52. The van der Waals surface area contributed by atoms with Crippen LogP contribution in [0.3, 0.4) is 0 Å². The third-order valence-corrected chi connectivity index (χ3v) is 5.25. The first-order chi connectivity index (χ1) is 14.5. The van der Waals surface area contributed by atoms with E-state index in [-0.39, 0.29) is 23.3 Å². The molecule has 1 amide bonds. The van der Waals surface area contributed by atoms with E-state index in [0.29, 0.717) is 23.2 Å². The lowest BCUT2D eigenvalue weighted by molar-refractivity contribution is -0.113. The summed E-state index contributed by atoms with van der Waals surface area (Å²) in [5, 5.41) is 11.6. The van der Waals surface area contributed by atoms with Crippen molar-refractivity contribution in [1.29, 1.82) is 0 Å². The number of aryl methyl sites for hydroxylation is 1. The summed E-state index contributed by atoms with van der Waals surface area (Å²) in [6, 6.07) is 11.7. The number of nitrogens with one attached hydrogen (secondary N) is 1. The van der Waals surface area contributed by atoms with Crippen LogP contribution in [0.25, 0.3) is 0 Å². The molecule has 0 aliphatic rings. The molecule has 0 unspecified atom stereocenters. The number of carbonyl (C=O) groups excluding carboxylic acids is 1. The zero-order chi connectivity index (χ0) is 21.5. The molecule has 0 spiro atoms. The van der Waals surface area contributed by atoms with Crippen molar-refractivity contribution in [2.24, 2.45) is 0 Å². The normalized spacial score (nSPS) is 10.6. The van der Waals surface area contributed by atoms with Gasteiger partial charge < -0.3 is 10.1 Å². The summed E-state index contributed by atoms with van der Waals surface area (Å²) in [6.45, 7) is 6.48. The number of aromatic nitrogens is 3. The maximum atomic E-state index is 13.2. The Morgan fingerprint density at radius 3 is 2.90 bits per heavy atom. The number of anilines is 1. The van der Waals surface area contributed by atoms with Gasteiger partial charge in [0.05, 0.1) is 10.8 Å². The minimum atomic E-state index is -0.540. The predicted molar refractivity (Wildman–Crippen MR) is 116 cm³/mol. The quantitative estimate of drug-likeness (QED) is 0.375. The van der Waals surface area contributed by atoms with Crippen molar-refractivity contribution in [3.05, 3.63) is 77.3 Å². The molecule has 30 heavy (non-hydrogen) atoms. The number of carbonyl (C=O) groups is 1. The van der Waals surface area contributed by atoms with Crippen molar-refractivity contribution in [2.75, 3.05) is 11.1 Å². The van der Waals surface area contributed by atoms with E-state index in [0.717, 1.165) is 11.3 Å². The summed E-state index contributed by atoms with van der Waals surface area (Å²) in [4.78, 5) is 12.2. The number of hydrogen-bond acceptors (Lipinski definition) is 5. The SMILES string of the molecule is C=CCn1c(COc2cccc(C)c2)nnc1SCC(=O)Nc1ccc(F)c(Cl)c1. The van der Waals surface area contributed by atoms with Crippen molar-refractivity contribution >= 4 is 35.0 Å². The van der Waals surface area contributed by atoms with Gasteiger partial charge in [-0.2, -0.15) is 0 Å². The van der Waals surface area contributed by atoms with E-state index in [2.05, 4.69) is 22.1 Å². The van der Waals surface area contributed by atoms with Gasteiger partial charge in [-0.05, 0) is 42.8 Å². The van der Waals surface area contributed by atoms with Crippen LogP contribution in [0.4, 0.5) is 10.1 Å². The molecule has 6 nitrogen and oxygen atoms in total. The molecular weight excluding hydrogens is 427 g/mol. The van der Waals surface area contributed by atoms with E-state index in [1.807, 2.05) is 35.8 Å². The largest absolute Gasteiger partial charge is 0.486 e. The van der Waals surface area contributed by atoms with Gasteiger partial charge in [0.15, 0.2) is 11.0 Å². The third kappa shape index (κ3) is 5.84. The molecule has 3 aromatic rings. The number of hydrogen-bond donors (Lipinski definition) is 1. The van der Waals surface area contributed by atoms with Crippen LogP contribution in [-0.2, 0) is 17.9 Å². The lowest BCUT2D eigenvalue weighted by atomic mass is 10.2. The van der Waals surface area contributed by atoms with Crippen LogP contribution < -0.4 is 10.1 Å². The van der Waals surface area contributed by atoms with Crippen molar-refractivity contribution in [3.63, 3.8) is 0 Å². The highest BCUT2D eigenvalue weighted by molar-refractivity contribution is 7.99. The molecule has 0 fully saturated rings. The topological polar surface area (TPSA) is 69.0 Å². The third-order valence-electron chi connectivity index (χ3n) is 4.00. The summed E-state index contributed by atoms with van der Waals surface area (Å²) in [6.07, 6.45) is 1.73. The van der Waals surface area contributed by atoms with E-state index in [1.165, 1.54) is 30.0 Å². The number of amides is 1. The van der Waals surface area contributed by atoms with Gasteiger partial charge in [0.25, 0.3) is 0 Å². The van der Waals surface area contributed by atoms with Gasteiger partial charge in [-0.15, -0.1) is 16.8 Å². The average Bonchev–Trinajstić information content (AvgIpc) is 3.10. The van der Waals surface area contributed by atoms with Gasteiger partial charge in [-0.3, -0.25) is 9.36 Å². The first kappa shape index (κ1) is 21.9. The second kappa shape index (κ2) is 10.3. The lowest BCUT2D eigenvalue weighted by Crippen LogP contribution is -2.15. The molecule has 2 aromatic carbocycles. The van der Waals surface area contributed by atoms with Gasteiger partial charge in [-0.1, -0.05) is 41.6 Å². The molecule has 0 radical (unpaired) electrons. The monoisotopic (exact) mass is 446 g/mol. The van der Waals surface area contributed by atoms with Crippen molar-refractivity contribution in [1.82, 2.24) is 14.8 Å². The Kier molecular flexibility index (Phi) is 7.48. The van der Waals surface area contributed by atoms with Gasteiger partial charge in [0.2, 0.25) is 5.91 Å². The number of halogens is 2. The highest BCUT2D eigenvalue weighted by Crippen LogP contribution is 2.22. The fourth-order valence-corrected chi connectivity index (χ4v) is 3.55. The Labute approximate surface area is 183 Å². The smallest absolute Gasteiger partial charge is 0.234 e. The van der Waals surface area contributed by atoms with Crippen LogP contribution in [0.1, 0.15) is 11.4 Å². The van der Waals surface area contributed by atoms with Crippen LogP contribution in [0.2, 0.25) is 5.02 Å². The second-order valence-corrected chi connectivity index (χ2v) is 7.72. The molecule has 1 N–H and O–H groups in total. The molecule has 0 atom stereocenters. The molecule has 3 rings (SSSR count). The summed E-state index contributed by atoms with van der Waals surface area (Å²) in [7, 11) is 0. The Morgan fingerprint density at radius 1 is 1.33 bits per heavy atom. The molecule has 1 heterocycles. The van der Waals surface area contributed by atoms with E-state index in [1.54, 1.807) is 6.08 Å². The van der Waals surface area contributed by atoms with E-state index < -0.39 is 5.82 Å². The number of allylic oxidation sites excluding steroid dienone is 1. The summed E-state index contributed by atoms with van der Waals surface area (Å²) < 4.78 is 20.9. The Morgan fingerprint density at radius 2 is 2.17 bits per heavy atom. The minimum Gasteiger partial charge on any atom is -0.486 e. The van der Waals surface area contributed by atoms with Gasteiger partial charge in [0, 0.05) is 12.2 Å². The lowest BCUT2D eigenvalue weighted by Gasteiger charge is -2.10. The average molecular weight is 447 g/mol. The van der Waals surface area contributed by atoms with E-state index in [4.69, 9.17) is 16.3 Å². The van der Waals surface area contributed by atoms with Gasteiger partial charge in [-0.25, -0.2) is 4.39 Å². The fourth-order valence-electron chi connectivity index (χ4n) is 2.60. The van der Waals surface area contributed by atoms with Crippen molar-refractivity contribution in [3.8, 4) is 5.75 Å². The van der Waals surface area contributed by atoms with Crippen LogP contribution in [0.5, 0.6) is 5.75 Å². The molecule has 0 aliphatic carbocycles. The van der Waals surface area contributed by atoms with Crippen molar-refractivity contribution in [2.45, 2.75) is 25.2 Å². The van der Waals surface area contributed by atoms with Crippen LogP contribution in [0.15, 0.2) is 60.3 Å². The predicted octanol–water partition coefficient (Wildman–Crippen LogP) is 4.87. The maximum Gasteiger partial charge on any atom is 0.234 e. The number of thioether (sulfide) groups is 1. The van der Waals surface area contributed by atoms with Crippen LogP contribution in [-0.4, -0.2) is 26.4 Å². The van der Waals surface area contributed by atoms with Crippen LogP contribution >= 0.6 is 23.4 Å². The maximum absolute atomic E-state index is 13.2. The molecule has 156 valence electrons.